The predicted octanol–water partition coefficient (Wildman–Crippen LogP) is 5.12. The molecule has 0 unspecified atom stereocenters. The molecule has 34 heavy (non-hydrogen) atoms. The number of methoxy groups -OCH3 is 1. The number of para-hydroxylation sites is 1. The van der Waals surface area contributed by atoms with Crippen LogP contribution >= 0.6 is 31.9 Å². The van der Waals surface area contributed by atoms with E-state index in [4.69, 9.17) is 9.15 Å². The van der Waals surface area contributed by atoms with Gasteiger partial charge < -0.3 is 18.5 Å². The number of hydrogen-bond donors (Lipinski definition) is 1. The van der Waals surface area contributed by atoms with Crippen molar-refractivity contribution in [1.82, 2.24) is 9.99 Å². The summed E-state index contributed by atoms with van der Waals surface area (Å²) in [5, 5.41) is 5.03. The summed E-state index contributed by atoms with van der Waals surface area (Å²) >= 11 is 6.76. The summed E-state index contributed by atoms with van der Waals surface area (Å²) in [6.45, 7) is 0.230. The lowest BCUT2D eigenvalue weighted by molar-refractivity contribution is -0.123. The lowest BCUT2D eigenvalue weighted by Gasteiger charge is -2.07. The first-order chi connectivity index (χ1) is 16.4. The fraction of sp³-hybridized carbons (Fsp3) is 0.125. The van der Waals surface area contributed by atoms with E-state index in [0.29, 0.717) is 18.1 Å². The van der Waals surface area contributed by atoms with E-state index < -0.39 is 5.97 Å². The minimum Gasteiger partial charge on any atom is -0.483 e. The predicted molar refractivity (Wildman–Crippen MR) is 134 cm³/mol. The Kier molecular flexibility index (Phi) is 7.49. The number of ether oxygens (including phenoxy) is 2. The number of rotatable bonds is 8. The van der Waals surface area contributed by atoms with Crippen molar-refractivity contribution in [1.29, 1.82) is 0 Å². The van der Waals surface area contributed by atoms with Crippen molar-refractivity contribution >= 4 is 60.9 Å². The van der Waals surface area contributed by atoms with Crippen LogP contribution in [0.3, 0.4) is 0 Å². The maximum absolute atomic E-state index is 12.1. The number of amides is 1. The van der Waals surface area contributed by atoms with Crippen molar-refractivity contribution in [2.45, 2.75) is 6.54 Å². The quantitative estimate of drug-likeness (QED) is 0.175. The van der Waals surface area contributed by atoms with E-state index in [1.54, 1.807) is 24.4 Å². The fourth-order valence-corrected chi connectivity index (χ4v) is 4.45. The van der Waals surface area contributed by atoms with Gasteiger partial charge in [0.2, 0.25) is 5.76 Å². The Morgan fingerprint density at radius 3 is 2.76 bits per heavy atom. The normalized spacial score (nSPS) is 11.1. The highest BCUT2D eigenvalue weighted by atomic mass is 79.9. The number of hydrazone groups is 1. The largest absolute Gasteiger partial charge is 0.483 e. The highest BCUT2D eigenvalue weighted by Crippen LogP contribution is 2.28. The summed E-state index contributed by atoms with van der Waals surface area (Å²) in [6, 6.07) is 16.5. The fourth-order valence-electron chi connectivity index (χ4n) is 3.29. The maximum Gasteiger partial charge on any atom is 0.373 e. The van der Waals surface area contributed by atoms with Crippen LogP contribution in [0.1, 0.15) is 21.9 Å². The molecular weight excluding hydrogens is 570 g/mol. The second-order valence-electron chi connectivity index (χ2n) is 7.14. The molecule has 4 rings (SSSR count). The molecule has 174 valence electrons. The van der Waals surface area contributed by atoms with Crippen molar-refractivity contribution < 1.29 is 23.5 Å². The molecule has 2 aromatic heterocycles. The van der Waals surface area contributed by atoms with Gasteiger partial charge in [-0.1, -0.05) is 34.1 Å². The number of nitrogens with zero attached hydrogens (tertiary/aromatic N) is 2. The lowest BCUT2D eigenvalue weighted by atomic mass is 10.2. The van der Waals surface area contributed by atoms with Crippen LogP contribution in [0, 0.1) is 0 Å². The third-order valence-corrected chi connectivity index (χ3v) is 5.95. The standard InChI is InChI=1S/C24H19Br2N3O5/c1-32-24(31)22-9-7-17(34-22)13-29-12-15(18-4-2-3-5-20(18)29)11-27-28-23(30)14-33-21-8-6-16(25)10-19(21)26/h2-12H,13-14H2,1H3,(H,28,30)/b27-11+. The Labute approximate surface area is 211 Å². The van der Waals surface area contributed by atoms with Crippen LogP contribution in [0.15, 0.2) is 79.3 Å². The van der Waals surface area contributed by atoms with Crippen molar-refractivity contribution in [3.63, 3.8) is 0 Å². The highest BCUT2D eigenvalue weighted by Gasteiger charge is 2.13. The summed E-state index contributed by atoms with van der Waals surface area (Å²) in [6.07, 6.45) is 3.48. The van der Waals surface area contributed by atoms with Gasteiger partial charge in [-0.3, -0.25) is 4.79 Å². The van der Waals surface area contributed by atoms with Crippen molar-refractivity contribution in [3.05, 3.63) is 86.8 Å². The van der Waals surface area contributed by atoms with E-state index in [2.05, 4.69) is 47.1 Å². The molecule has 1 amide bonds. The second-order valence-corrected chi connectivity index (χ2v) is 8.91. The molecule has 0 saturated heterocycles. The topological polar surface area (TPSA) is 95.1 Å². The number of carbonyl (C=O) groups is 2. The van der Waals surface area contributed by atoms with Crippen LogP contribution in [0.4, 0.5) is 0 Å². The van der Waals surface area contributed by atoms with Crippen LogP contribution in [0.25, 0.3) is 10.9 Å². The van der Waals surface area contributed by atoms with Gasteiger partial charge in [-0.05, 0) is 52.3 Å². The lowest BCUT2D eigenvalue weighted by Crippen LogP contribution is -2.24. The van der Waals surface area contributed by atoms with Crippen LogP contribution in [0.5, 0.6) is 5.75 Å². The number of fused-ring (bicyclic) bond motifs is 1. The zero-order chi connectivity index (χ0) is 24.1. The monoisotopic (exact) mass is 587 g/mol. The van der Waals surface area contributed by atoms with Gasteiger partial charge in [-0.2, -0.15) is 5.10 Å². The van der Waals surface area contributed by atoms with Gasteiger partial charge in [-0.15, -0.1) is 0 Å². The third kappa shape index (κ3) is 5.57. The van der Waals surface area contributed by atoms with E-state index >= 15 is 0 Å². The van der Waals surface area contributed by atoms with Crippen molar-refractivity contribution in [2.24, 2.45) is 5.10 Å². The molecule has 0 fully saturated rings. The average Bonchev–Trinajstić information content (AvgIpc) is 3.43. The van der Waals surface area contributed by atoms with E-state index in [1.165, 1.54) is 7.11 Å². The Balaban J connectivity index is 1.43. The van der Waals surface area contributed by atoms with E-state index in [0.717, 1.165) is 25.4 Å². The zero-order valence-corrected chi connectivity index (χ0v) is 21.1. The van der Waals surface area contributed by atoms with Crippen molar-refractivity contribution in [2.75, 3.05) is 13.7 Å². The molecule has 0 aliphatic heterocycles. The van der Waals surface area contributed by atoms with Crippen LogP contribution in [-0.2, 0) is 16.1 Å². The van der Waals surface area contributed by atoms with Gasteiger partial charge in [0.15, 0.2) is 6.61 Å². The summed E-state index contributed by atoms with van der Waals surface area (Å²) in [5.74, 6) is 0.396. The molecule has 10 heteroatoms. The first-order valence-corrected chi connectivity index (χ1v) is 11.7. The molecule has 8 nitrogen and oxygen atoms in total. The molecule has 0 bridgehead atoms. The molecule has 0 saturated carbocycles. The molecular formula is C24H19Br2N3O5. The van der Waals surface area contributed by atoms with Gasteiger partial charge in [0.1, 0.15) is 11.5 Å². The molecule has 0 atom stereocenters. The molecule has 0 radical (unpaired) electrons. The number of carbonyl (C=O) groups excluding carboxylic acids is 2. The number of esters is 1. The highest BCUT2D eigenvalue weighted by molar-refractivity contribution is 9.11. The number of aromatic nitrogens is 1. The van der Waals surface area contributed by atoms with E-state index in [1.807, 2.05) is 47.2 Å². The van der Waals surface area contributed by atoms with Crippen LogP contribution in [-0.4, -0.2) is 36.4 Å². The van der Waals surface area contributed by atoms with E-state index in [9.17, 15) is 9.59 Å². The van der Waals surface area contributed by atoms with Gasteiger partial charge in [0.05, 0.1) is 24.3 Å². The molecule has 1 N–H and O–H groups in total. The molecule has 4 aromatic rings. The van der Waals surface area contributed by atoms with Crippen LogP contribution < -0.4 is 10.2 Å². The van der Waals surface area contributed by atoms with Crippen molar-refractivity contribution in [3.8, 4) is 5.75 Å². The molecule has 0 aliphatic rings. The maximum atomic E-state index is 12.1. The third-order valence-electron chi connectivity index (χ3n) is 4.84. The Morgan fingerprint density at radius 2 is 1.97 bits per heavy atom. The summed E-state index contributed by atoms with van der Waals surface area (Å²) in [7, 11) is 1.31. The summed E-state index contributed by atoms with van der Waals surface area (Å²) in [5.41, 5.74) is 4.25. The summed E-state index contributed by atoms with van der Waals surface area (Å²) < 4.78 is 19.4. The number of halogens is 2. The SMILES string of the molecule is COC(=O)c1ccc(Cn2cc(/C=N/NC(=O)COc3ccc(Br)cc3Br)c3ccccc32)o1. The molecule has 0 spiro atoms. The number of benzene rings is 2. The van der Waals surface area contributed by atoms with Crippen LogP contribution in [0.2, 0.25) is 0 Å². The van der Waals surface area contributed by atoms with Gasteiger partial charge in [-0.25, -0.2) is 10.2 Å². The number of furan rings is 1. The van der Waals surface area contributed by atoms with Gasteiger partial charge >= 0.3 is 5.97 Å². The number of nitrogens with one attached hydrogen (secondary N) is 1. The second kappa shape index (κ2) is 10.7. The minimum atomic E-state index is -0.524. The molecule has 2 aromatic carbocycles. The van der Waals surface area contributed by atoms with E-state index in [-0.39, 0.29) is 18.3 Å². The minimum absolute atomic E-state index is 0.149. The Hall–Kier alpha value is -3.37. The van der Waals surface area contributed by atoms with Gasteiger partial charge in [0.25, 0.3) is 5.91 Å². The van der Waals surface area contributed by atoms with Gasteiger partial charge in [0, 0.05) is 27.1 Å². The summed E-state index contributed by atoms with van der Waals surface area (Å²) in [4.78, 5) is 23.8. The first kappa shape index (κ1) is 23.8. The number of hydrogen-bond acceptors (Lipinski definition) is 6. The Morgan fingerprint density at radius 1 is 1.15 bits per heavy atom. The molecule has 2 heterocycles. The average molecular weight is 589 g/mol. The first-order valence-electron chi connectivity index (χ1n) is 10.1. The smallest absolute Gasteiger partial charge is 0.373 e. The molecule has 0 aliphatic carbocycles. The Bertz CT molecular complexity index is 1380. The zero-order valence-electron chi connectivity index (χ0n) is 18.0.